The number of sulfonamides is 1. The van der Waals surface area contributed by atoms with Crippen LogP contribution < -0.4 is 4.72 Å². The topological polar surface area (TPSA) is 55.4 Å². The van der Waals surface area contributed by atoms with Crippen LogP contribution in [0.2, 0.25) is 0 Å². The van der Waals surface area contributed by atoms with Crippen LogP contribution >= 0.6 is 11.6 Å². The maximum Gasteiger partial charge on any atom is 0.214 e. The van der Waals surface area contributed by atoms with Crippen molar-refractivity contribution < 1.29 is 13.2 Å². The van der Waals surface area contributed by atoms with E-state index in [9.17, 15) is 8.42 Å². The zero-order chi connectivity index (χ0) is 12.7. The molecule has 1 saturated heterocycles. The van der Waals surface area contributed by atoms with Crippen molar-refractivity contribution in [3.8, 4) is 0 Å². The monoisotopic (exact) mass is 283 g/mol. The lowest BCUT2D eigenvalue weighted by Gasteiger charge is -2.22. The van der Waals surface area contributed by atoms with Gasteiger partial charge in [-0.3, -0.25) is 0 Å². The summed E-state index contributed by atoms with van der Waals surface area (Å²) in [4.78, 5) is 0. The highest BCUT2D eigenvalue weighted by molar-refractivity contribution is 7.90. The van der Waals surface area contributed by atoms with Crippen molar-refractivity contribution in [2.75, 3.05) is 25.6 Å². The van der Waals surface area contributed by atoms with Crippen molar-refractivity contribution in [3.63, 3.8) is 0 Å². The quantitative estimate of drug-likeness (QED) is 0.572. The first-order valence-corrected chi connectivity index (χ1v) is 8.26. The average Bonchev–Trinajstić information content (AvgIpc) is 2.35. The molecule has 0 saturated carbocycles. The van der Waals surface area contributed by atoms with Crippen LogP contribution in [0.15, 0.2) is 0 Å². The standard InChI is InChI=1S/C11H22ClNO3S/c1-10(9-12)3-2-6-13-17(14,15)11-4-7-16-8-5-11/h10-11,13H,2-9H2,1H3. The second-order valence-electron chi connectivity index (χ2n) is 4.65. The summed E-state index contributed by atoms with van der Waals surface area (Å²) < 4.78 is 31.7. The second-order valence-corrected chi connectivity index (χ2v) is 7.01. The van der Waals surface area contributed by atoms with Gasteiger partial charge in [0.05, 0.1) is 5.25 Å². The van der Waals surface area contributed by atoms with Crippen molar-refractivity contribution in [2.24, 2.45) is 5.92 Å². The molecule has 1 fully saturated rings. The van der Waals surface area contributed by atoms with E-state index in [1.807, 2.05) is 0 Å². The highest BCUT2D eigenvalue weighted by Crippen LogP contribution is 2.15. The lowest BCUT2D eigenvalue weighted by Crippen LogP contribution is -2.38. The molecule has 1 aliphatic heterocycles. The largest absolute Gasteiger partial charge is 0.381 e. The maximum atomic E-state index is 11.9. The molecule has 1 atom stereocenters. The molecule has 17 heavy (non-hydrogen) atoms. The van der Waals surface area contributed by atoms with Gasteiger partial charge in [-0.1, -0.05) is 6.92 Å². The molecule has 1 unspecified atom stereocenters. The fourth-order valence-electron chi connectivity index (χ4n) is 1.85. The lowest BCUT2D eigenvalue weighted by molar-refractivity contribution is 0.0981. The van der Waals surface area contributed by atoms with E-state index in [0.29, 0.717) is 44.4 Å². The van der Waals surface area contributed by atoms with Crippen LogP contribution in [0.1, 0.15) is 32.6 Å². The number of hydrogen-bond donors (Lipinski definition) is 1. The first-order valence-electron chi connectivity index (χ1n) is 6.18. The molecule has 0 radical (unpaired) electrons. The summed E-state index contributed by atoms with van der Waals surface area (Å²) in [6.07, 6.45) is 3.01. The van der Waals surface area contributed by atoms with Gasteiger partial charge in [0.2, 0.25) is 10.0 Å². The van der Waals surface area contributed by atoms with Gasteiger partial charge in [-0.2, -0.15) is 0 Å². The van der Waals surface area contributed by atoms with Crippen LogP contribution in [-0.4, -0.2) is 39.3 Å². The summed E-state index contributed by atoms with van der Waals surface area (Å²) in [6, 6.07) is 0. The van der Waals surface area contributed by atoms with Gasteiger partial charge in [0.25, 0.3) is 0 Å². The van der Waals surface area contributed by atoms with Crippen molar-refractivity contribution in [1.29, 1.82) is 0 Å². The van der Waals surface area contributed by atoms with E-state index in [1.165, 1.54) is 0 Å². The van der Waals surface area contributed by atoms with E-state index in [0.717, 1.165) is 12.8 Å². The first-order chi connectivity index (χ1) is 8.06. The molecule has 1 aliphatic rings. The minimum atomic E-state index is -3.15. The van der Waals surface area contributed by atoms with E-state index in [-0.39, 0.29) is 5.25 Å². The highest BCUT2D eigenvalue weighted by atomic mass is 35.5. The summed E-state index contributed by atoms with van der Waals surface area (Å²) in [6.45, 7) is 3.69. The molecule has 0 bridgehead atoms. The van der Waals surface area contributed by atoms with Gasteiger partial charge >= 0.3 is 0 Å². The SMILES string of the molecule is CC(CCl)CCCNS(=O)(=O)C1CCOCC1. The van der Waals surface area contributed by atoms with Crippen molar-refractivity contribution in [3.05, 3.63) is 0 Å². The van der Waals surface area contributed by atoms with E-state index in [1.54, 1.807) is 0 Å². The number of hydrogen-bond acceptors (Lipinski definition) is 3. The number of nitrogens with one attached hydrogen (secondary N) is 1. The van der Waals surface area contributed by atoms with E-state index in [2.05, 4.69) is 11.6 Å². The Morgan fingerprint density at radius 3 is 2.65 bits per heavy atom. The van der Waals surface area contributed by atoms with Crippen molar-refractivity contribution in [2.45, 2.75) is 37.9 Å². The molecule has 1 rings (SSSR count). The Hall–Kier alpha value is 0.160. The van der Waals surface area contributed by atoms with Gasteiger partial charge < -0.3 is 4.74 Å². The minimum Gasteiger partial charge on any atom is -0.381 e. The van der Waals surface area contributed by atoms with E-state index < -0.39 is 10.0 Å². The molecular formula is C11H22ClNO3S. The van der Waals surface area contributed by atoms with Gasteiger partial charge in [-0.15, -0.1) is 11.6 Å². The van der Waals surface area contributed by atoms with E-state index >= 15 is 0 Å². The molecule has 0 aromatic rings. The summed E-state index contributed by atoms with van der Waals surface area (Å²) in [7, 11) is -3.15. The summed E-state index contributed by atoms with van der Waals surface area (Å²) in [5.74, 6) is 1.08. The molecule has 0 aromatic carbocycles. The third kappa shape index (κ3) is 5.55. The number of halogens is 1. The first kappa shape index (κ1) is 15.2. The normalized spacial score (nSPS) is 20.4. The average molecular weight is 284 g/mol. The highest BCUT2D eigenvalue weighted by Gasteiger charge is 2.26. The summed E-state index contributed by atoms with van der Waals surface area (Å²) >= 11 is 5.69. The van der Waals surface area contributed by atoms with Crippen LogP contribution in [0, 0.1) is 5.92 Å². The smallest absolute Gasteiger partial charge is 0.214 e. The Labute approximate surface area is 109 Å². The van der Waals surface area contributed by atoms with Gasteiger partial charge in [0.1, 0.15) is 0 Å². The van der Waals surface area contributed by atoms with Gasteiger partial charge in [-0.25, -0.2) is 13.1 Å². The minimum absolute atomic E-state index is 0.276. The van der Waals surface area contributed by atoms with Crippen LogP contribution in [-0.2, 0) is 14.8 Å². The van der Waals surface area contributed by atoms with Crippen LogP contribution in [0.5, 0.6) is 0 Å². The lowest BCUT2D eigenvalue weighted by atomic mass is 10.1. The number of rotatable bonds is 7. The second kappa shape index (κ2) is 7.56. The van der Waals surface area contributed by atoms with E-state index in [4.69, 9.17) is 16.3 Å². The zero-order valence-corrected chi connectivity index (χ0v) is 11.9. The maximum absolute atomic E-state index is 11.9. The molecule has 0 spiro atoms. The van der Waals surface area contributed by atoms with Gasteiger partial charge in [-0.05, 0) is 31.6 Å². The van der Waals surface area contributed by atoms with Crippen LogP contribution in [0.3, 0.4) is 0 Å². The number of alkyl halides is 1. The molecule has 102 valence electrons. The summed E-state index contributed by atoms with van der Waals surface area (Å²) in [5, 5.41) is -0.276. The molecule has 1 N–H and O–H groups in total. The van der Waals surface area contributed by atoms with Gasteiger partial charge in [0, 0.05) is 25.6 Å². The van der Waals surface area contributed by atoms with Crippen molar-refractivity contribution in [1.82, 2.24) is 4.72 Å². The Bertz CT molecular complexity index is 302. The number of ether oxygens (including phenoxy) is 1. The Kier molecular flexibility index (Phi) is 6.77. The fourth-order valence-corrected chi connectivity index (χ4v) is 3.48. The third-order valence-corrected chi connectivity index (χ3v) is 5.53. The predicted octanol–water partition coefficient (Wildman–Crippen LogP) is 1.74. The third-order valence-electron chi connectivity index (χ3n) is 3.05. The Balaban J connectivity index is 2.24. The Morgan fingerprint density at radius 2 is 2.06 bits per heavy atom. The summed E-state index contributed by atoms with van der Waals surface area (Å²) in [5.41, 5.74) is 0. The van der Waals surface area contributed by atoms with Crippen LogP contribution in [0.4, 0.5) is 0 Å². The Morgan fingerprint density at radius 1 is 1.41 bits per heavy atom. The zero-order valence-electron chi connectivity index (χ0n) is 10.3. The molecule has 4 nitrogen and oxygen atoms in total. The van der Waals surface area contributed by atoms with Crippen LogP contribution in [0.25, 0.3) is 0 Å². The van der Waals surface area contributed by atoms with Crippen molar-refractivity contribution >= 4 is 21.6 Å². The molecular weight excluding hydrogens is 262 g/mol. The molecule has 0 aromatic heterocycles. The molecule has 1 heterocycles. The molecule has 0 aliphatic carbocycles. The fraction of sp³-hybridized carbons (Fsp3) is 1.00. The molecule has 0 amide bonds. The predicted molar refractivity (Wildman–Crippen MR) is 69.9 cm³/mol. The van der Waals surface area contributed by atoms with Gasteiger partial charge in [0.15, 0.2) is 0 Å². The molecule has 6 heteroatoms.